The van der Waals surface area contributed by atoms with Crippen LogP contribution in [0.5, 0.6) is 0 Å². The van der Waals surface area contributed by atoms with Crippen molar-refractivity contribution in [3.63, 3.8) is 0 Å². The Kier molecular flexibility index (Phi) is 4.81. The fourth-order valence-corrected chi connectivity index (χ4v) is 2.25. The topological polar surface area (TPSA) is 70.7 Å². The van der Waals surface area contributed by atoms with E-state index in [9.17, 15) is 9.59 Å². The number of benzene rings is 1. The number of carbonyl (C=O) groups is 2. The molecule has 0 radical (unpaired) electrons. The summed E-state index contributed by atoms with van der Waals surface area (Å²) < 4.78 is 5.34. The van der Waals surface area contributed by atoms with Gasteiger partial charge in [-0.25, -0.2) is 14.5 Å². The van der Waals surface area contributed by atoms with E-state index in [4.69, 9.17) is 16.3 Å². The van der Waals surface area contributed by atoms with Gasteiger partial charge in [-0.05, 0) is 6.07 Å². The predicted octanol–water partition coefficient (Wildman–Crippen LogP) is 1.76. The molecular weight excluding hydrogens is 282 g/mol. The first-order chi connectivity index (χ1) is 9.63. The number of carbonyl (C=O) groups excluding carboxylic acids is 2. The molecule has 0 spiro atoms. The van der Waals surface area contributed by atoms with Crippen molar-refractivity contribution < 1.29 is 14.3 Å². The van der Waals surface area contributed by atoms with E-state index in [1.54, 1.807) is 13.2 Å². The minimum atomic E-state index is -0.436. The summed E-state index contributed by atoms with van der Waals surface area (Å²) in [5, 5.41) is 5.82. The van der Waals surface area contributed by atoms with Crippen LogP contribution >= 0.6 is 11.6 Å². The number of methoxy groups -OCH3 is 1. The number of hydrogen-bond acceptors (Lipinski definition) is 3. The zero-order chi connectivity index (χ0) is 14.5. The van der Waals surface area contributed by atoms with Crippen LogP contribution in [0, 0.1) is 0 Å². The molecule has 1 aromatic carbocycles. The number of nitrogens with one attached hydrogen (secondary N) is 2. The van der Waals surface area contributed by atoms with Gasteiger partial charge in [-0.1, -0.05) is 29.8 Å². The minimum absolute atomic E-state index is 0.239. The Hall–Kier alpha value is -1.79. The molecule has 0 saturated carbocycles. The second-order valence-electron chi connectivity index (χ2n) is 4.32. The smallest absolute Gasteiger partial charge is 0.325 e. The third-order valence-electron chi connectivity index (χ3n) is 3.08. The van der Waals surface area contributed by atoms with Gasteiger partial charge in [-0.2, -0.15) is 0 Å². The number of hydrogen-bond donors (Lipinski definition) is 2. The maximum absolute atomic E-state index is 11.9. The average molecular weight is 298 g/mol. The molecule has 0 bridgehead atoms. The van der Waals surface area contributed by atoms with E-state index >= 15 is 0 Å². The largest absolute Gasteiger partial charge is 0.375 e. The van der Waals surface area contributed by atoms with Gasteiger partial charge in [0.2, 0.25) is 0 Å². The number of nitrogens with zero attached hydrogens (tertiary/aromatic N) is 1. The zero-order valence-corrected chi connectivity index (χ0v) is 11.8. The Balaban J connectivity index is 1.96. The van der Waals surface area contributed by atoms with E-state index in [1.165, 1.54) is 0 Å². The van der Waals surface area contributed by atoms with Gasteiger partial charge in [0.15, 0.2) is 0 Å². The van der Waals surface area contributed by atoms with Gasteiger partial charge in [0.1, 0.15) is 6.10 Å². The van der Waals surface area contributed by atoms with Crippen LogP contribution < -0.4 is 10.6 Å². The molecule has 1 fully saturated rings. The summed E-state index contributed by atoms with van der Waals surface area (Å²) in [6, 6.07) is 6.46. The molecule has 1 saturated heterocycles. The second-order valence-corrected chi connectivity index (χ2v) is 4.72. The van der Waals surface area contributed by atoms with Crippen LogP contribution in [0.4, 0.5) is 9.59 Å². The maximum Gasteiger partial charge on any atom is 0.325 e. The third-order valence-corrected chi connectivity index (χ3v) is 3.42. The Bertz CT molecular complexity index is 509. The van der Waals surface area contributed by atoms with E-state index < -0.39 is 6.03 Å². The monoisotopic (exact) mass is 297 g/mol. The molecule has 0 aliphatic carbocycles. The highest BCUT2D eigenvalue weighted by Crippen LogP contribution is 2.24. The molecule has 4 amide bonds. The first-order valence-electron chi connectivity index (χ1n) is 6.24. The van der Waals surface area contributed by atoms with Crippen LogP contribution in [0.25, 0.3) is 0 Å². The molecule has 0 unspecified atom stereocenters. The standard InChI is InChI=1S/C13H16ClN3O3/c1-20-11(9-4-2-3-5-10(9)14)8-16-13(19)17-7-6-15-12(17)18/h2-5,11H,6-8H2,1H3,(H,15,18)(H,16,19)/t11-/m0/s1. The van der Waals surface area contributed by atoms with Crippen LogP contribution in [0.15, 0.2) is 24.3 Å². The Labute approximate surface area is 122 Å². The number of amides is 4. The molecule has 2 N–H and O–H groups in total. The highest BCUT2D eigenvalue weighted by molar-refractivity contribution is 6.31. The highest BCUT2D eigenvalue weighted by Gasteiger charge is 2.26. The van der Waals surface area contributed by atoms with Gasteiger partial charge >= 0.3 is 12.1 Å². The molecule has 20 heavy (non-hydrogen) atoms. The lowest BCUT2D eigenvalue weighted by Crippen LogP contribution is -2.43. The van der Waals surface area contributed by atoms with Crippen LogP contribution in [-0.4, -0.2) is 43.7 Å². The van der Waals surface area contributed by atoms with E-state index in [-0.39, 0.29) is 18.7 Å². The molecule has 1 aromatic rings. The highest BCUT2D eigenvalue weighted by atomic mass is 35.5. The lowest BCUT2D eigenvalue weighted by molar-refractivity contribution is 0.102. The van der Waals surface area contributed by atoms with Gasteiger partial charge in [0.05, 0.1) is 0 Å². The number of rotatable bonds is 4. The van der Waals surface area contributed by atoms with Gasteiger partial charge in [-0.15, -0.1) is 0 Å². The Morgan fingerprint density at radius 1 is 1.55 bits per heavy atom. The van der Waals surface area contributed by atoms with E-state index in [0.717, 1.165) is 10.5 Å². The molecule has 1 aliphatic rings. The molecule has 108 valence electrons. The number of halogens is 1. The second kappa shape index (κ2) is 6.58. The van der Waals surface area contributed by atoms with E-state index in [0.29, 0.717) is 18.1 Å². The van der Waals surface area contributed by atoms with Crippen molar-refractivity contribution in [2.45, 2.75) is 6.10 Å². The first-order valence-corrected chi connectivity index (χ1v) is 6.61. The van der Waals surface area contributed by atoms with Crippen molar-refractivity contribution in [3.05, 3.63) is 34.9 Å². The van der Waals surface area contributed by atoms with Crippen LogP contribution in [-0.2, 0) is 4.74 Å². The van der Waals surface area contributed by atoms with E-state index in [1.807, 2.05) is 18.2 Å². The fourth-order valence-electron chi connectivity index (χ4n) is 2.00. The molecule has 1 atom stereocenters. The van der Waals surface area contributed by atoms with Crippen molar-refractivity contribution in [1.29, 1.82) is 0 Å². The molecule has 1 heterocycles. The van der Waals surface area contributed by atoms with Crippen LogP contribution in [0.2, 0.25) is 5.02 Å². The number of imide groups is 1. The normalized spacial score (nSPS) is 15.9. The van der Waals surface area contributed by atoms with Crippen LogP contribution in [0.1, 0.15) is 11.7 Å². The zero-order valence-electron chi connectivity index (χ0n) is 11.1. The number of ether oxygens (including phenoxy) is 1. The molecule has 1 aliphatic heterocycles. The van der Waals surface area contributed by atoms with Gasteiger partial charge in [0.25, 0.3) is 0 Å². The van der Waals surface area contributed by atoms with Crippen molar-refractivity contribution in [3.8, 4) is 0 Å². The summed E-state index contributed by atoms with van der Waals surface area (Å²) in [5.74, 6) is 0. The Morgan fingerprint density at radius 2 is 2.30 bits per heavy atom. The van der Waals surface area contributed by atoms with E-state index in [2.05, 4.69) is 10.6 Å². The molecular formula is C13H16ClN3O3. The van der Waals surface area contributed by atoms with Crippen LogP contribution in [0.3, 0.4) is 0 Å². The maximum atomic E-state index is 11.9. The first kappa shape index (κ1) is 14.6. The summed E-state index contributed by atoms with van der Waals surface area (Å²) in [6.07, 6.45) is -0.363. The molecule has 0 aromatic heterocycles. The van der Waals surface area contributed by atoms with Gasteiger partial charge < -0.3 is 15.4 Å². The fraction of sp³-hybridized carbons (Fsp3) is 0.385. The van der Waals surface area contributed by atoms with Crippen molar-refractivity contribution >= 4 is 23.7 Å². The summed E-state index contributed by atoms with van der Waals surface area (Å²) in [6.45, 7) is 1.09. The summed E-state index contributed by atoms with van der Waals surface area (Å²) >= 11 is 6.10. The third kappa shape index (κ3) is 3.20. The summed E-state index contributed by atoms with van der Waals surface area (Å²) in [4.78, 5) is 24.3. The lowest BCUT2D eigenvalue weighted by Gasteiger charge is -2.19. The quantitative estimate of drug-likeness (QED) is 0.889. The lowest BCUT2D eigenvalue weighted by atomic mass is 10.1. The predicted molar refractivity (Wildman–Crippen MR) is 74.7 cm³/mol. The molecule has 2 rings (SSSR count). The average Bonchev–Trinajstić information content (AvgIpc) is 2.87. The van der Waals surface area contributed by atoms with Crippen molar-refractivity contribution in [2.24, 2.45) is 0 Å². The summed E-state index contributed by atoms with van der Waals surface area (Å²) in [5.41, 5.74) is 0.794. The summed E-state index contributed by atoms with van der Waals surface area (Å²) in [7, 11) is 1.54. The molecule has 7 heteroatoms. The molecule has 6 nitrogen and oxygen atoms in total. The van der Waals surface area contributed by atoms with Gasteiger partial charge in [0, 0.05) is 37.3 Å². The van der Waals surface area contributed by atoms with Crippen molar-refractivity contribution in [1.82, 2.24) is 15.5 Å². The SMILES string of the molecule is CO[C@@H](CNC(=O)N1CCNC1=O)c1ccccc1Cl. The van der Waals surface area contributed by atoms with Crippen molar-refractivity contribution in [2.75, 3.05) is 26.7 Å². The number of urea groups is 2. The van der Waals surface area contributed by atoms with Gasteiger partial charge in [-0.3, -0.25) is 0 Å². The Morgan fingerprint density at radius 3 is 2.90 bits per heavy atom. The minimum Gasteiger partial charge on any atom is -0.375 e.